The molecule has 1 aromatic heterocycles. The molecule has 5 heteroatoms. The minimum Gasteiger partial charge on any atom is -0.355 e. The van der Waals surface area contributed by atoms with Crippen LogP contribution >= 0.6 is 0 Å². The number of nitrogens with zero attached hydrogens (tertiary/aromatic N) is 2. The molecule has 1 heterocycles. The van der Waals surface area contributed by atoms with E-state index in [1.165, 1.54) is 12.1 Å². The fraction of sp³-hybridized carbons (Fsp3) is 0. The van der Waals surface area contributed by atoms with Gasteiger partial charge in [0.2, 0.25) is 0 Å². The topological polar surface area (TPSA) is 69.2 Å². The summed E-state index contributed by atoms with van der Waals surface area (Å²) in [6.45, 7) is 0. The summed E-state index contributed by atoms with van der Waals surface area (Å²) < 4.78 is 5.26. The van der Waals surface area contributed by atoms with Crippen LogP contribution in [0, 0.1) is 10.1 Å². The molecule has 0 atom stereocenters. The van der Waals surface area contributed by atoms with Gasteiger partial charge in [-0.3, -0.25) is 10.1 Å². The summed E-state index contributed by atoms with van der Waals surface area (Å²) in [6, 6.07) is 13.9. The second-order valence-electron chi connectivity index (χ2n) is 3.84. The lowest BCUT2D eigenvalue weighted by molar-refractivity contribution is -0.384. The molecule has 0 aliphatic carbocycles. The van der Waals surface area contributed by atoms with Gasteiger partial charge < -0.3 is 4.52 Å². The number of aromatic nitrogens is 1. The predicted octanol–water partition coefficient (Wildman–Crippen LogP) is 3.40. The van der Waals surface area contributed by atoms with Gasteiger partial charge in [0.15, 0.2) is 5.76 Å². The minimum absolute atomic E-state index is 0.0304. The van der Waals surface area contributed by atoms with Gasteiger partial charge in [-0.25, -0.2) is 0 Å². The first kappa shape index (κ1) is 10.5. The van der Waals surface area contributed by atoms with E-state index in [1.807, 2.05) is 30.3 Å². The summed E-state index contributed by atoms with van der Waals surface area (Å²) in [5.74, 6) is 0.550. The smallest absolute Gasteiger partial charge is 0.270 e. The second kappa shape index (κ2) is 3.96. The molecule has 3 rings (SSSR count). The van der Waals surface area contributed by atoms with Gasteiger partial charge >= 0.3 is 0 Å². The Labute approximate surface area is 102 Å². The average Bonchev–Trinajstić information content (AvgIpc) is 2.82. The van der Waals surface area contributed by atoms with Crippen LogP contribution in [0.1, 0.15) is 0 Å². The van der Waals surface area contributed by atoms with Gasteiger partial charge in [0.05, 0.1) is 10.3 Å². The Morgan fingerprint density at radius 3 is 2.61 bits per heavy atom. The molecule has 0 saturated carbocycles. The summed E-state index contributed by atoms with van der Waals surface area (Å²) in [5.41, 5.74) is 1.49. The molecule has 0 aliphatic heterocycles. The van der Waals surface area contributed by atoms with E-state index in [-0.39, 0.29) is 5.69 Å². The fourth-order valence-corrected chi connectivity index (χ4v) is 1.84. The highest BCUT2D eigenvalue weighted by Crippen LogP contribution is 2.30. The minimum atomic E-state index is -0.429. The van der Waals surface area contributed by atoms with Crippen LogP contribution in [0.2, 0.25) is 0 Å². The number of hydrogen-bond acceptors (Lipinski definition) is 4. The van der Waals surface area contributed by atoms with Crippen LogP contribution in [0.5, 0.6) is 0 Å². The van der Waals surface area contributed by atoms with Crippen LogP contribution in [0.25, 0.3) is 22.2 Å². The van der Waals surface area contributed by atoms with Crippen molar-refractivity contribution in [2.75, 3.05) is 0 Å². The molecule has 88 valence electrons. The number of fused-ring (bicyclic) bond motifs is 1. The molecule has 18 heavy (non-hydrogen) atoms. The van der Waals surface area contributed by atoms with E-state index in [9.17, 15) is 10.1 Å². The van der Waals surface area contributed by atoms with Crippen LogP contribution in [-0.2, 0) is 0 Å². The van der Waals surface area contributed by atoms with Gasteiger partial charge in [-0.2, -0.15) is 0 Å². The zero-order valence-electron chi connectivity index (χ0n) is 9.24. The molecule has 0 spiro atoms. The van der Waals surface area contributed by atoms with Crippen molar-refractivity contribution in [1.29, 1.82) is 0 Å². The normalized spacial score (nSPS) is 10.7. The number of nitro groups is 1. The van der Waals surface area contributed by atoms with Crippen molar-refractivity contribution >= 4 is 16.6 Å². The highest BCUT2D eigenvalue weighted by atomic mass is 16.6. The molecule has 2 aromatic carbocycles. The van der Waals surface area contributed by atoms with E-state index in [0.717, 1.165) is 5.56 Å². The lowest BCUT2D eigenvalue weighted by atomic mass is 10.1. The molecule has 3 aromatic rings. The van der Waals surface area contributed by atoms with Gasteiger partial charge in [0.1, 0.15) is 5.52 Å². The van der Waals surface area contributed by atoms with Gasteiger partial charge in [0, 0.05) is 17.7 Å². The van der Waals surface area contributed by atoms with Crippen molar-refractivity contribution in [3.8, 4) is 11.3 Å². The summed E-state index contributed by atoms with van der Waals surface area (Å²) >= 11 is 0. The molecule has 0 aliphatic rings. The van der Waals surface area contributed by atoms with Gasteiger partial charge in [-0.1, -0.05) is 35.5 Å². The zero-order chi connectivity index (χ0) is 12.5. The third-order valence-corrected chi connectivity index (χ3v) is 2.71. The van der Waals surface area contributed by atoms with E-state index in [1.54, 1.807) is 6.07 Å². The Morgan fingerprint density at radius 2 is 1.89 bits per heavy atom. The first-order chi connectivity index (χ1) is 8.75. The van der Waals surface area contributed by atoms with Gasteiger partial charge in [-0.05, 0) is 6.07 Å². The number of rotatable bonds is 2. The van der Waals surface area contributed by atoms with Gasteiger partial charge in [0.25, 0.3) is 5.69 Å². The highest BCUT2D eigenvalue weighted by Gasteiger charge is 2.14. The van der Waals surface area contributed by atoms with E-state index in [0.29, 0.717) is 16.7 Å². The summed E-state index contributed by atoms with van der Waals surface area (Å²) in [7, 11) is 0. The Kier molecular flexibility index (Phi) is 2.30. The van der Waals surface area contributed by atoms with Crippen molar-refractivity contribution in [3.05, 3.63) is 58.6 Å². The van der Waals surface area contributed by atoms with Crippen molar-refractivity contribution in [3.63, 3.8) is 0 Å². The monoisotopic (exact) mass is 240 g/mol. The average molecular weight is 240 g/mol. The zero-order valence-corrected chi connectivity index (χ0v) is 9.24. The Morgan fingerprint density at radius 1 is 1.11 bits per heavy atom. The molecule has 0 saturated heterocycles. The van der Waals surface area contributed by atoms with Crippen LogP contribution < -0.4 is 0 Å². The quantitative estimate of drug-likeness (QED) is 0.508. The molecule has 5 nitrogen and oxygen atoms in total. The lowest BCUT2D eigenvalue weighted by Gasteiger charge is -1.95. The Balaban J connectivity index is 2.24. The van der Waals surface area contributed by atoms with Crippen LogP contribution in [0.4, 0.5) is 5.69 Å². The third-order valence-electron chi connectivity index (χ3n) is 2.71. The van der Waals surface area contributed by atoms with Crippen molar-refractivity contribution < 1.29 is 9.45 Å². The van der Waals surface area contributed by atoms with Gasteiger partial charge in [-0.15, -0.1) is 0 Å². The number of nitro benzene ring substituents is 1. The standard InChI is InChI=1S/C13H8N2O3/c16-15(17)10-6-7-12-11(8-10)13(18-14-12)9-4-2-1-3-5-9/h1-8H. The molecular weight excluding hydrogens is 232 g/mol. The molecule has 0 radical (unpaired) electrons. The van der Waals surface area contributed by atoms with Crippen molar-refractivity contribution in [2.45, 2.75) is 0 Å². The largest absolute Gasteiger partial charge is 0.355 e. The molecule has 0 bridgehead atoms. The van der Waals surface area contributed by atoms with E-state index in [4.69, 9.17) is 4.52 Å². The maximum Gasteiger partial charge on any atom is 0.270 e. The van der Waals surface area contributed by atoms with Crippen molar-refractivity contribution in [2.24, 2.45) is 0 Å². The number of non-ortho nitro benzene ring substituents is 1. The second-order valence-corrected chi connectivity index (χ2v) is 3.84. The number of benzene rings is 2. The first-order valence-corrected chi connectivity index (χ1v) is 5.35. The predicted molar refractivity (Wildman–Crippen MR) is 66.1 cm³/mol. The molecule has 0 unspecified atom stereocenters. The van der Waals surface area contributed by atoms with Crippen molar-refractivity contribution in [1.82, 2.24) is 5.16 Å². The molecular formula is C13H8N2O3. The maximum absolute atomic E-state index is 10.8. The number of hydrogen-bond donors (Lipinski definition) is 0. The Hall–Kier alpha value is -2.69. The fourth-order valence-electron chi connectivity index (χ4n) is 1.84. The SMILES string of the molecule is O=[N+]([O-])c1ccc2noc(-c3ccccc3)c2c1. The van der Waals surface area contributed by atoms with Crippen LogP contribution in [0.3, 0.4) is 0 Å². The van der Waals surface area contributed by atoms with E-state index < -0.39 is 4.92 Å². The summed E-state index contributed by atoms with van der Waals surface area (Å²) in [5, 5.41) is 15.3. The molecule has 0 N–H and O–H groups in total. The first-order valence-electron chi connectivity index (χ1n) is 5.35. The summed E-state index contributed by atoms with van der Waals surface area (Å²) in [4.78, 5) is 10.3. The Bertz CT molecular complexity index is 719. The lowest BCUT2D eigenvalue weighted by Crippen LogP contribution is -1.86. The van der Waals surface area contributed by atoms with E-state index >= 15 is 0 Å². The molecule has 0 fully saturated rings. The maximum atomic E-state index is 10.8. The van der Waals surface area contributed by atoms with E-state index in [2.05, 4.69) is 5.16 Å². The van der Waals surface area contributed by atoms with Crippen LogP contribution in [-0.4, -0.2) is 10.1 Å². The summed E-state index contributed by atoms with van der Waals surface area (Å²) in [6.07, 6.45) is 0. The highest BCUT2D eigenvalue weighted by molar-refractivity contribution is 5.92. The van der Waals surface area contributed by atoms with Crippen LogP contribution in [0.15, 0.2) is 53.1 Å². The third kappa shape index (κ3) is 1.62. The molecule has 0 amide bonds.